The number of carbonyl (C=O) groups excluding carboxylic acids is 1. The number of hydrogen-bond donors (Lipinski definition) is 2. The number of amides is 1. The van der Waals surface area contributed by atoms with Gasteiger partial charge in [-0.1, -0.05) is 29.3 Å². The van der Waals surface area contributed by atoms with Crippen molar-refractivity contribution in [1.29, 1.82) is 0 Å². The van der Waals surface area contributed by atoms with Gasteiger partial charge in [-0.2, -0.15) is 0 Å². The van der Waals surface area contributed by atoms with Crippen LogP contribution in [0.15, 0.2) is 36.4 Å². The maximum Gasteiger partial charge on any atom is 0.259 e. The highest BCUT2D eigenvalue weighted by atomic mass is 35.5. The molecule has 98 valence electrons. The lowest BCUT2D eigenvalue weighted by atomic mass is 10.1. The Labute approximate surface area is 121 Å². The van der Waals surface area contributed by atoms with Gasteiger partial charge in [0.05, 0.1) is 10.6 Å². The van der Waals surface area contributed by atoms with E-state index in [0.717, 1.165) is 5.56 Å². The van der Waals surface area contributed by atoms with E-state index in [9.17, 15) is 4.79 Å². The van der Waals surface area contributed by atoms with Crippen molar-refractivity contribution in [2.75, 3.05) is 11.1 Å². The molecule has 0 saturated heterocycles. The lowest BCUT2D eigenvalue weighted by Gasteiger charge is -2.11. The molecule has 0 aliphatic carbocycles. The zero-order valence-electron chi connectivity index (χ0n) is 10.2. The fourth-order valence-corrected chi connectivity index (χ4v) is 2.23. The van der Waals surface area contributed by atoms with Crippen LogP contribution in [0.1, 0.15) is 15.9 Å². The molecule has 0 fully saturated rings. The first-order valence-electron chi connectivity index (χ1n) is 5.60. The normalized spacial score (nSPS) is 10.3. The first-order chi connectivity index (χ1) is 8.99. The SMILES string of the molecule is Cc1cc(Cl)ccc1NC(=O)c1c(N)cccc1Cl. The largest absolute Gasteiger partial charge is 0.398 e. The Morgan fingerprint density at radius 3 is 2.58 bits per heavy atom. The predicted molar refractivity (Wildman–Crippen MR) is 80.0 cm³/mol. The minimum atomic E-state index is -0.339. The first-order valence-corrected chi connectivity index (χ1v) is 6.36. The Balaban J connectivity index is 2.31. The van der Waals surface area contributed by atoms with Gasteiger partial charge in [0, 0.05) is 16.4 Å². The van der Waals surface area contributed by atoms with Crippen LogP contribution in [-0.4, -0.2) is 5.91 Å². The van der Waals surface area contributed by atoms with Gasteiger partial charge in [-0.15, -0.1) is 0 Å². The summed E-state index contributed by atoms with van der Waals surface area (Å²) in [5, 5.41) is 3.71. The van der Waals surface area contributed by atoms with Gasteiger partial charge in [-0.3, -0.25) is 4.79 Å². The second kappa shape index (κ2) is 5.51. The highest BCUT2D eigenvalue weighted by molar-refractivity contribution is 6.35. The quantitative estimate of drug-likeness (QED) is 0.818. The number of anilines is 2. The summed E-state index contributed by atoms with van der Waals surface area (Å²) in [5.74, 6) is -0.339. The smallest absolute Gasteiger partial charge is 0.259 e. The summed E-state index contributed by atoms with van der Waals surface area (Å²) in [5.41, 5.74) is 7.93. The molecule has 3 N–H and O–H groups in total. The highest BCUT2D eigenvalue weighted by Gasteiger charge is 2.14. The van der Waals surface area contributed by atoms with Crippen LogP contribution in [0, 0.1) is 6.92 Å². The molecule has 0 aliphatic rings. The van der Waals surface area contributed by atoms with Gasteiger partial charge in [-0.25, -0.2) is 0 Å². The summed E-state index contributed by atoms with van der Waals surface area (Å²) in [7, 11) is 0. The van der Waals surface area contributed by atoms with Crippen LogP contribution in [0.25, 0.3) is 0 Å². The molecule has 0 saturated carbocycles. The fourth-order valence-electron chi connectivity index (χ4n) is 1.73. The van der Waals surface area contributed by atoms with Crippen molar-refractivity contribution in [3.8, 4) is 0 Å². The molecule has 0 bridgehead atoms. The van der Waals surface area contributed by atoms with Crippen molar-refractivity contribution in [2.24, 2.45) is 0 Å². The number of halogens is 2. The molecule has 3 nitrogen and oxygen atoms in total. The molecule has 2 aromatic rings. The fraction of sp³-hybridized carbons (Fsp3) is 0.0714. The predicted octanol–water partition coefficient (Wildman–Crippen LogP) is 4.14. The molecule has 2 rings (SSSR count). The minimum absolute atomic E-state index is 0.276. The van der Waals surface area contributed by atoms with E-state index in [4.69, 9.17) is 28.9 Å². The Bertz CT molecular complexity index is 621. The van der Waals surface area contributed by atoms with E-state index in [2.05, 4.69) is 5.32 Å². The average molecular weight is 295 g/mol. The van der Waals surface area contributed by atoms with Gasteiger partial charge in [0.1, 0.15) is 0 Å². The monoisotopic (exact) mass is 294 g/mol. The number of carbonyl (C=O) groups is 1. The summed E-state index contributed by atoms with van der Waals surface area (Å²) in [6, 6.07) is 10.2. The number of rotatable bonds is 2. The minimum Gasteiger partial charge on any atom is -0.398 e. The van der Waals surface area contributed by atoms with E-state index in [1.165, 1.54) is 0 Å². The van der Waals surface area contributed by atoms with Gasteiger partial charge in [0.2, 0.25) is 0 Å². The van der Waals surface area contributed by atoms with Crippen LogP contribution in [0.2, 0.25) is 10.0 Å². The summed E-state index contributed by atoms with van der Waals surface area (Å²) in [4.78, 5) is 12.2. The second-order valence-electron chi connectivity index (χ2n) is 4.12. The highest BCUT2D eigenvalue weighted by Crippen LogP contribution is 2.25. The van der Waals surface area contributed by atoms with Crippen LogP contribution >= 0.6 is 23.2 Å². The molecule has 0 radical (unpaired) electrons. The number of nitrogens with two attached hydrogens (primary N) is 1. The molecular weight excluding hydrogens is 283 g/mol. The van der Waals surface area contributed by atoms with E-state index in [0.29, 0.717) is 21.4 Å². The lowest BCUT2D eigenvalue weighted by Crippen LogP contribution is -2.15. The van der Waals surface area contributed by atoms with Crippen molar-refractivity contribution < 1.29 is 4.79 Å². The van der Waals surface area contributed by atoms with E-state index in [-0.39, 0.29) is 11.5 Å². The van der Waals surface area contributed by atoms with Crippen molar-refractivity contribution in [2.45, 2.75) is 6.92 Å². The Morgan fingerprint density at radius 2 is 1.95 bits per heavy atom. The van der Waals surface area contributed by atoms with Crippen LogP contribution in [0.5, 0.6) is 0 Å². The van der Waals surface area contributed by atoms with E-state index >= 15 is 0 Å². The molecular formula is C14H12Cl2N2O. The van der Waals surface area contributed by atoms with E-state index in [1.54, 1.807) is 36.4 Å². The maximum absolute atomic E-state index is 12.2. The third-order valence-electron chi connectivity index (χ3n) is 2.71. The van der Waals surface area contributed by atoms with Crippen LogP contribution in [0.4, 0.5) is 11.4 Å². The average Bonchev–Trinajstić information content (AvgIpc) is 2.32. The van der Waals surface area contributed by atoms with Crippen molar-refractivity contribution >= 4 is 40.5 Å². The van der Waals surface area contributed by atoms with E-state index < -0.39 is 0 Å². The van der Waals surface area contributed by atoms with Gasteiger partial charge in [0.25, 0.3) is 5.91 Å². The summed E-state index contributed by atoms with van der Waals surface area (Å²) in [6.45, 7) is 1.86. The van der Waals surface area contributed by atoms with Gasteiger partial charge in [0.15, 0.2) is 0 Å². The van der Waals surface area contributed by atoms with Crippen LogP contribution < -0.4 is 11.1 Å². The molecule has 19 heavy (non-hydrogen) atoms. The van der Waals surface area contributed by atoms with Gasteiger partial charge < -0.3 is 11.1 Å². The van der Waals surface area contributed by atoms with Crippen molar-refractivity contribution in [3.63, 3.8) is 0 Å². The Kier molecular flexibility index (Phi) is 3.98. The molecule has 1 amide bonds. The van der Waals surface area contributed by atoms with Crippen LogP contribution in [0.3, 0.4) is 0 Å². The van der Waals surface area contributed by atoms with Crippen LogP contribution in [-0.2, 0) is 0 Å². The number of nitrogens with one attached hydrogen (secondary N) is 1. The van der Waals surface area contributed by atoms with Crippen molar-refractivity contribution in [3.05, 3.63) is 57.6 Å². The Morgan fingerprint density at radius 1 is 1.21 bits per heavy atom. The maximum atomic E-state index is 12.2. The molecule has 5 heteroatoms. The standard InChI is InChI=1S/C14H12Cl2N2O/c1-8-7-9(15)5-6-12(8)18-14(19)13-10(16)3-2-4-11(13)17/h2-7H,17H2,1H3,(H,18,19). The van der Waals surface area contributed by atoms with E-state index in [1.807, 2.05) is 6.92 Å². The van der Waals surface area contributed by atoms with Crippen molar-refractivity contribution in [1.82, 2.24) is 0 Å². The third-order valence-corrected chi connectivity index (χ3v) is 3.26. The number of aryl methyl sites for hydroxylation is 1. The molecule has 0 aromatic heterocycles. The summed E-state index contributed by atoms with van der Waals surface area (Å²) in [6.07, 6.45) is 0. The Hall–Kier alpha value is -1.71. The topological polar surface area (TPSA) is 55.1 Å². The summed E-state index contributed by atoms with van der Waals surface area (Å²) >= 11 is 11.9. The van der Waals surface area contributed by atoms with Gasteiger partial charge in [-0.05, 0) is 42.8 Å². The molecule has 0 spiro atoms. The second-order valence-corrected chi connectivity index (χ2v) is 4.96. The third kappa shape index (κ3) is 3.00. The zero-order valence-corrected chi connectivity index (χ0v) is 11.7. The molecule has 0 aliphatic heterocycles. The number of hydrogen-bond acceptors (Lipinski definition) is 2. The molecule has 0 heterocycles. The molecule has 0 unspecified atom stereocenters. The van der Waals surface area contributed by atoms with Gasteiger partial charge >= 0.3 is 0 Å². The number of nitrogen functional groups attached to an aromatic ring is 1. The molecule has 2 aromatic carbocycles. The first kappa shape index (κ1) is 13.7. The zero-order chi connectivity index (χ0) is 14.0. The summed E-state index contributed by atoms with van der Waals surface area (Å²) < 4.78 is 0. The lowest BCUT2D eigenvalue weighted by molar-refractivity contribution is 0.102. The number of benzene rings is 2. The molecule has 0 atom stereocenters.